The first-order valence-electron chi connectivity index (χ1n) is 8.70. The molecule has 0 amide bonds. The zero-order valence-electron chi connectivity index (χ0n) is 15.1. The van der Waals surface area contributed by atoms with Crippen LogP contribution < -0.4 is 5.56 Å². The summed E-state index contributed by atoms with van der Waals surface area (Å²) in [5.41, 5.74) is 2.37. The van der Waals surface area contributed by atoms with Crippen LogP contribution in [0, 0.1) is 3.57 Å². The summed E-state index contributed by atoms with van der Waals surface area (Å²) < 4.78 is 7.54. The molecule has 0 saturated carbocycles. The molecule has 4 rings (SSSR count). The third kappa shape index (κ3) is 3.01. The van der Waals surface area contributed by atoms with E-state index < -0.39 is 5.97 Å². The highest BCUT2D eigenvalue weighted by Crippen LogP contribution is 2.33. The summed E-state index contributed by atoms with van der Waals surface area (Å²) in [7, 11) is 1.36. The number of methoxy groups -OCH3 is 1. The van der Waals surface area contributed by atoms with E-state index in [1.807, 2.05) is 66.7 Å². The zero-order chi connectivity index (χ0) is 19.7. The Labute approximate surface area is 175 Å². The molecule has 1 heterocycles. The van der Waals surface area contributed by atoms with Gasteiger partial charge in [-0.1, -0.05) is 54.6 Å². The molecule has 0 spiro atoms. The van der Waals surface area contributed by atoms with Crippen LogP contribution in [0.4, 0.5) is 0 Å². The number of esters is 1. The molecule has 0 atom stereocenters. The Balaban J connectivity index is 2.20. The minimum Gasteiger partial charge on any atom is -0.465 e. The Bertz CT molecular complexity index is 1250. The quantitative estimate of drug-likeness (QED) is 0.304. The molecule has 0 radical (unpaired) electrons. The van der Waals surface area contributed by atoms with Crippen molar-refractivity contribution in [2.75, 3.05) is 7.11 Å². The SMILES string of the molecule is COC(=O)c1ccccc1-c1c(I)c2ccccc2c(=O)n1-c1ccccc1. The van der Waals surface area contributed by atoms with E-state index in [1.54, 1.807) is 16.7 Å². The second kappa shape index (κ2) is 7.59. The standard InChI is InChI=1S/C23H16INO3/c1-28-23(27)19-14-8-6-12-17(19)21-20(24)16-11-5-7-13-18(16)22(26)25(21)15-9-3-2-4-10-15/h2-14H,1H3. The molecule has 138 valence electrons. The number of halogens is 1. The molecule has 0 aliphatic rings. The molecule has 0 N–H and O–H groups in total. The van der Waals surface area contributed by atoms with Gasteiger partial charge in [-0.05, 0) is 46.9 Å². The van der Waals surface area contributed by atoms with Gasteiger partial charge in [0.15, 0.2) is 0 Å². The van der Waals surface area contributed by atoms with E-state index in [0.717, 1.165) is 14.6 Å². The van der Waals surface area contributed by atoms with Gasteiger partial charge in [-0.2, -0.15) is 0 Å². The topological polar surface area (TPSA) is 48.3 Å². The van der Waals surface area contributed by atoms with Crippen molar-refractivity contribution in [3.8, 4) is 16.9 Å². The first-order chi connectivity index (χ1) is 13.6. The van der Waals surface area contributed by atoms with Crippen LogP contribution in [0.2, 0.25) is 0 Å². The molecule has 0 aliphatic carbocycles. The molecule has 0 saturated heterocycles. The van der Waals surface area contributed by atoms with Gasteiger partial charge in [0.1, 0.15) is 0 Å². The molecule has 5 heteroatoms. The van der Waals surface area contributed by atoms with Gasteiger partial charge in [-0.15, -0.1) is 0 Å². The Morgan fingerprint density at radius 3 is 2.18 bits per heavy atom. The zero-order valence-corrected chi connectivity index (χ0v) is 17.2. The highest BCUT2D eigenvalue weighted by atomic mass is 127. The maximum absolute atomic E-state index is 13.5. The smallest absolute Gasteiger partial charge is 0.338 e. The molecular weight excluding hydrogens is 465 g/mol. The number of carbonyl (C=O) groups is 1. The van der Waals surface area contributed by atoms with E-state index in [1.165, 1.54) is 7.11 Å². The number of rotatable bonds is 3. The lowest BCUT2D eigenvalue weighted by Crippen LogP contribution is -2.22. The second-order valence-electron chi connectivity index (χ2n) is 6.22. The fraction of sp³-hybridized carbons (Fsp3) is 0.0435. The molecule has 28 heavy (non-hydrogen) atoms. The predicted octanol–water partition coefficient (Wildman–Crippen LogP) is 5.05. The van der Waals surface area contributed by atoms with Crippen LogP contribution in [-0.4, -0.2) is 17.6 Å². The van der Waals surface area contributed by atoms with Crippen molar-refractivity contribution in [3.63, 3.8) is 0 Å². The number of carbonyl (C=O) groups excluding carboxylic acids is 1. The maximum atomic E-state index is 13.5. The van der Waals surface area contributed by atoms with E-state index in [0.29, 0.717) is 22.2 Å². The fourth-order valence-corrected chi connectivity index (χ4v) is 4.35. The monoisotopic (exact) mass is 481 g/mol. The number of para-hydroxylation sites is 1. The van der Waals surface area contributed by atoms with Crippen molar-refractivity contribution in [2.24, 2.45) is 0 Å². The largest absolute Gasteiger partial charge is 0.465 e. The van der Waals surface area contributed by atoms with Gasteiger partial charge in [-0.25, -0.2) is 4.79 Å². The van der Waals surface area contributed by atoms with E-state index >= 15 is 0 Å². The summed E-state index contributed by atoms with van der Waals surface area (Å²) in [6, 6.07) is 24.2. The van der Waals surface area contributed by atoms with Crippen LogP contribution in [0.25, 0.3) is 27.7 Å². The molecular formula is C23H16INO3. The van der Waals surface area contributed by atoms with E-state index in [2.05, 4.69) is 22.6 Å². The average molecular weight is 481 g/mol. The van der Waals surface area contributed by atoms with Gasteiger partial charge in [0.2, 0.25) is 0 Å². The van der Waals surface area contributed by atoms with Crippen LogP contribution >= 0.6 is 22.6 Å². The van der Waals surface area contributed by atoms with Crippen molar-refractivity contribution in [1.82, 2.24) is 4.57 Å². The summed E-state index contributed by atoms with van der Waals surface area (Å²) in [5, 5.41) is 1.49. The molecule has 1 aromatic heterocycles. The molecule has 0 aliphatic heterocycles. The van der Waals surface area contributed by atoms with Crippen LogP contribution in [-0.2, 0) is 4.74 Å². The number of hydrogen-bond acceptors (Lipinski definition) is 3. The lowest BCUT2D eigenvalue weighted by Gasteiger charge is -2.19. The molecule has 0 fully saturated rings. The summed E-state index contributed by atoms with van der Waals surface area (Å²) in [5.74, 6) is -0.438. The van der Waals surface area contributed by atoms with E-state index in [4.69, 9.17) is 4.74 Å². The van der Waals surface area contributed by atoms with Crippen molar-refractivity contribution in [1.29, 1.82) is 0 Å². The van der Waals surface area contributed by atoms with Crippen molar-refractivity contribution in [2.45, 2.75) is 0 Å². The maximum Gasteiger partial charge on any atom is 0.338 e. The fourth-order valence-electron chi connectivity index (χ4n) is 3.35. The van der Waals surface area contributed by atoms with Crippen LogP contribution in [0.5, 0.6) is 0 Å². The molecule has 4 nitrogen and oxygen atoms in total. The van der Waals surface area contributed by atoms with Gasteiger partial charge in [0, 0.05) is 25.6 Å². The number of aromatic nitrogens is 1. The first-order valence-corrected chi connectivity index (χ1v) is 9.77. The molecule has 3 aromatic carbocycles. The lowest BCUT2D eigenvalue weighted by atomic mass is 10.0. The summed E-state index contributed by atoms with van der Waals surface area (Å²) in [6.45, 7) is 0. The third-order valence-corrected chi connectivity index (χ3v) is 5.72. The number of ether oxygens (including phenoxy) is 1. The normalized spacial score (nSPS) is 10.8. The minimum absolute atomic E-state index is 0.128. The molecule has 0 unspecified atom stereocenters. The van der Waals surface area contributed by atoms with Crippen LogP contribution in [0.1, 0.15) is 10.4 Å². The van der Waals surface area contributed by atoms with Crippen molar-refractivity contribution in [3.05, 3.63) is 98.4 Å². The minimum atomic E-state index is -0.438. The Morgan fingerprint density at radius 1 is 0.857 bits per heavy atom. The summed E-state index contributed by atoms with van der Waals surface area (Å²) in [4.78, 5) is 25.9. The Hall–Kier alpha value is -2.93. The van der Waals surface area contributed by atoms with Gasteiger partial charge in [-0.3, -0.25) is 9.36 Å². The third-order valence-electron chi connectivity index (χ3n) is 4.63. The van der Waals surface area contributed by atoms with Crippen LogP contribution in [0.3, 0.4) is 0 Å². The molecule has 4 aromatic rings. The predicted molar refractivity (Wildman–Crippen MR) is 119 cm³/mol. The number of benzene rings is 3. The summed E-state index contributed by atoms with van der Waals surface area (Å²) >= 11 is 2.25. The van der Waals surface area contributed by atoms with Gasteiger partial charge in [0.25, 0.3) is 5.56 Å². The number of nitrogens with zero attached hydrogens (tertiary/aromatic N) is 1. The van der Waals surface area contributed by atoms with Gasteiger partial charge in [0.05, 0.1) is 18.4 Å². The van der Waals surface area contributed by atoms with Crippen LogP contribution in [0.15, 0.2) is 83.7 Å². The van der Waals surface area contributed by atoms with Crippen molar-refractivity contribution >= 4 is 39.3 Å². The highest BCUT2D eigenvalue weighted by Gasteiger charge is 2.22. The number of pyridine rings is 1. The van der Waals surface area contributed by atoms with Crippen molar-refractivity contribution < 1.29 is 9.53 Å². The first kappa shape index (κ1) is 18.4. The number of fused-ring (bicyclic) bond motifs is 1. The number of hydrogen-bond donors (Lipinski definition) is 0. The van der Waals surface area contributed by atoms with Gasteiger partial charge >= 0.3 is 5.97 Å². The summed E-state index contributed by atoms with van der Waals surface area (Å²) in [6.07, 6.45) is 0. The Kier molecular flexibility index (Phi) is 5.00. The van der Waals surface area contributed by atoms with E-state index in [-0.39, 0.29) is 5.56 Å². The Morgan fingerprint density at radius 2 is 1.46 bits per heavy atom. The molecule has 0 bridgehead atoms. The van der Waals surface area contributed by atoms with Gasteiger partial charge < -0.3 is 4.74 Å². The highest BCUT2D eigenvalue weighted by molar-refractivity contribution is 14.1. The average Bonchev–Trinajstić information content (AvgIpc) is 2.76. The lowest BCUT2D eigenvalue weighted by molar-refractivity contribution is 0.0601. The second-order valence-corrected chi connectivity index (χ2v) is 7.30. The van der Waals surface area contributed by atoms with E-state index in [9.17, 15) is 9.59 Å².